The Morgan fingerprint density at radius 3 is 2.57 bits per heavy atom. The van der Waals surface area contributed by atoms with Crippen molar-refractivity contribution in [3.05, 3.63) is 63.3 Å². The average molecular weight is 379 g/mol. The molecule has 0 fully saturated rings. The molecule has 0 saturated carbocycles. The zero-order valence-corrected chi connectivity index (χ0v) is 16.6. The Morgan fingerprint density at radius 1 is 1.21 bits per heavy atom. The third-order valence-electron chi connectivity index (χ3n) is 5.41. The van der Waals surface area contributed by atoms with Crippen LogP contribution in [0.2, 0.25) is 0 Å². The van der Waals surface area contributed by atoms with Gasteiger partial charge in [0.15, 0.2) is 11.2 Å². The molecule has 1 unspecified atom stereocenters. The number of aryl methyl sites for hydroxylation is 2. The predicted octanol–water partition coefficient (Wildman–Crippen LogP) is 2.43. The fraction of sp³-hybridized carbons (Fsp3) is 0.381. The number of imidazole rings is 1. The zero-order chi connectivity index (χ0) is 20.0. The maximum Gasteiger partial charge on any atom is 0.332 e. The van der Waals surface area contributed by atoms with Crippen LogP contribution in [0.15, 0.2) is 46.5 Å². The summed E-state index contributed by atoms with van der Waals surface area (Å²) in [5.41, 5.74) is 2.52. The molecule has 0 bridgehead atoms. The zero-order valence-electron chi connectivity index (χ0n) is 16.6. The second-order valence-corrected chi connectivity index (χ2v) is 7.48. The predicted molar refractivity (Wildman–Crippen MR) is 111 cm³/mol. The first-order valence-corrected chi connectivity index (χ1v) is 9.63. The number of hydrogen-bond donors (Lipinski definition) is 0. The lowest BCUT2D eigenvalue weighted by Gasteiger charge is -2.33. The van der Waals surface area contributed by atoms with Crippen LogP contribution in [0.3, 0.4) is 0 Å². The van der Waals surface area contributed by atoms with Gasteiger partial charge in [-0.05, 0) is 30.0 Å². The Balaban J connectivity index is 1.97. The Hall–Kier alpha value is -3.09. The number of allylic oxidation sites excluding steroid dienone is 1. The van der Waals surface area contributed by atoms with Gasteiger partial charge < -0.3 is 9.47 Å². The summed E-state index contributed by atoms with van der Waals surface area (Å²) in [4.78, 5) is 32.5. The molecule has 2 aromatic heterocycles. The molecule has 1 aliphatic heterocycles. The highest BCUT2D eigenvalue weighted by atomic mass is 16.2. The first-order valence-electron chi connectivity index (χ1n) is 9.63. The van der Waals surface area contributed by atoms with E-state index in [1.165, 1.54) is 14.7 Å². The largest absolute Gasteiger partial charge is 0.332 e. The number of benzene rings is 1. The summed E-state index contributed by atoms with van der Waals surface area (Å²) in [5.74, 6) is 1.04. The third-order valence-corrected chi connectivity index (χ3v) is 5.41. The third kappa shape index (κ3) is 2.69. The molecule has 4 rings (SSSR count). The van der Waals surface area contributed by atoms with E-state index in [1.807, 2.05) is 4.57 Å². The van der Waals surface area contributed by atoms with Gasteiger partial charge in [0.25, 0.3) is 5.56 Å². The van der Waals surface area contributed by atoms with Crippen LogP contribution in [0, 0.1) is 5.92 Å². The molecule has 3 aromatic rings. The molecular formula is C21H25N5O2. The van der Waals surface area contributed by atoms with E-state index in [-0.39, 0.29) is 17.8 Å². The second kappa shape index (κ2) is 6.82. The van der Waals surface area contributed by atoms with E-state index in [0.717, 1.165) is 18.7 Å². The number of anilines is 2. The molecule has 146 valence electrons. The fourth-order valence-electron chi connectivity index (χ4n) is 3.92. The molecule has 7 heteroatoms. The van der Waals surface area contributed by atoms with Gasteiger partial charge in [-0.3, -0.25) is 13.9 Å². The van der Waals surface area contributed by atoms with E-state index >= 15 is 0 Å². The minimum absolute atomic E-state index is 0.180. The van der Waals surface area contributed by atoms with Crippen molar-refractivity contribution in [3.8, 4) is 0 Å². The van der Waals surface area contributed by atoms with Gasteiger partial charge >= 0.3 is 5.69 Å². The smallest absolute Gasteiger partial charge is 0.312 e. The fourth-order valence-corrected chi connectivity index (χ4v) is 3.92. The van der Waals surface area contributed by atoms with Crippen molar-refractivity contribution >= 4 is 22.8 Å². The van der Waals surface area contributed by atoms with Crippen molar-refractivity contribution in [2.45, 2.75) is 33.4 Å². The van der Waals surface area contributed by atoms with Crippen molar-refractivity contribution in [1.29, 1.82) is 0 Å². The van der Waals surface area contributed by atoms with Crippen LogP contribution in [0.5, 0.6) is 0 Å². The minimum Gasteiger partial charge on any atom is -0.312 e. The van der Waals surface area contributed by atoms with Crippen LogP contribution >= 0.6 is 0 Å². The van der Waals surface area contributed by atoms with Gasteiger partial charge in [0.2, 0.25) is 5.95 Å². The average Bonchev–Trinajstić information content (AvgIpc) is 3.08. The van der Waals surface area contributed by atoms with Crippen LogP contribution in [0.25, 0.3) is 11.2 Å². The molecule has 1 atom stereocenters. The first kappa shape index (κ1) is 18.3. The highest BCUT2D eigenvalue weighted by Gasteiger charge is 2.29. The number of aromatic nitrogens is 4. The van der Waals surface area contributed by atoms with Crippen molar-refractivity contribution in [3.63, 3.8) is 0 Å². The SMILES string of the molecule is C=CCn1c(=O)c2c(nc3n2CC(C)CN3c2ccc(CC)cc2)n(C)c1=O. The molecular weight excluding hydrogens is 354 g/mol. The first-order chi connectivity index (χ1) is 13.5. The molecule has 0 spiro atoms. The molecule has 28 heavy (non-hydrogen) atoms. The van der Waals surface area contributed by atoms with Crippen LogP contribution in [-0.4, -0.2) is 25.2 Å². The normalized spacial score (nSPS) is 16.4. The minimum atomic E-state index is -0.375. The van der Waals surface area contributed by atoms with Crippen LogP contribution < -0.4 is 16.1 Å². The molecule has 1 aromatic carbocycles. The van der Waals surface area contributed by atoms with Gasteiger partial charge in [-0.15, -0.1) is 6.58 Å². The summed E-state index contributed by atoms with van der Waals surface area (Å²) in [6, 6.07) is 8.42. The van der Waals surface area contributed by atoms with Crippen LogP contribution in [0.4, 0.5) is 11.6 Å². The van der Waals surface area contributed by atoms with Gasteiger partial charge in [0.1, 0.15) is 0 Å². The summed E-state index contributed by atoms with van der Waals surface area (Å²) in [6.07, 6.45) is 2.55. The van der Waals surface area contributed by atoms with E-state index in [0.29, 0.717) is 29.6 Å². The van der Waals surface area contributed by atoms with E-state index < -0.39 is 0 Å². The van der Waals surface area contributed by atoms with Gasteiger partial charge in [0.05, 0.1) is 0 Å². The molecule has 0 amide bonds. The molecule has 0 radical (unpaired) electrons. The number of fused-ring (bicyclic) bond motifs is 3. The molecule has 0 saturated heterocycles. The summed E-state index contributed by atoms with van der Waals surface area (Å²) < 4.78 is 4.62. The van der Waals surface area contributed by atoms with Gasteiger partial charge in [-0.1, -0.05) is 32.1 Å². The van der Waals surface area contributed by atoms with Crippen molar-refractivity contribution in [2.75, 3.05) is 11.4 Å². The van der Waals surface area contributed by atoms with E-state index in [1.54, 1.807) is 13.1 Å². The standard InChI is InChI=1S/C21H25N5O2/c1-5-11-24-19(27)17-18(23(4)21(24)28)22-20-25(12-14(3)13-26(17)20)16-9-7-15(6-2)8-10-16/h5,7-10,14H,1,6,11-13H2,2-4H3. The summed E-state index contributed by atoms with van der Waals surface area (Å²) in [5, 5.41) is 0. The highest BCUT2D eigenvalue weighted by Crippen LogP contribution is 2.32. The molecule has 0 aliphatic carbocycles. The van der Waals surface area contributed by atoms with Gasteiger partial charge in [-0.25, -0.2) is 4.79 Å². The Labute approximate surface area is 163 Å². The van der Waals surface area contributed by atoms with Crippen molar-refractivity contribution in [2.24, 2.45) is 13.0 Å². The van der Waals surface area contributed by atoms with Crippen LogP contribution in [0.1, 0.15) is 19.4 Å². The lowest BCUT2D eigenvalue weighted by molar-refractivity contribution is 0.458. The van der Waals surface area contributed by atoms with E-state index in [9.17, 15) is 9.59 Å². The molecule has 3 heterocycles. The topological polar surface area (TPSA) is 65.1 Å². The lowest BCUT2D eigenvalue weighted by atomic mass is 10.1. The lowest BCUT2D eigenvalue weighted by Crippen LogP contribution is -2.40. The summed E-state index contributed by atoms with van der Waals surface area (Å²) in [7, 11) is 1.66. The maximum atomic E-state index is 13.1. The van der Waals surface area contributed by atoms with Gasteiger partial charge in [0, 0.05) is 32.4 Å². The number of hydrogen-bond acceptors (Lipinski definition) is 4. The van der Waals surface area contributed by atoms with Crippen LogP contribution in [-0.2, 0) is 26.6 Å². The van der Waals surface area contributed by atoms with Crippen molar-refractivity contribution in [1.82, 2.24) is 18.7 Å². The Kier molecular flexibility index (Phi) is 4.45. The van der Waals surface area contributed by atoms with E-state index in [4.69, 9.17) is 4.98 Å². The molecule has 0 N–H and O–H groups in total. The number of nitrogens with zero attached hydrogens (tertiary/aromatic N) is 5. The second-order valence-electron chi connectivity index (χ2n) is 7.48. The van der Waals surface area contributed by atoms with Gasteiger partial charge in [-0.2, -0.15) is 4.98 Å². The summed E-state index contributed by atoms with van der Waals surface area (Å²) in [6.45, 7) is 9.63. The Bertz CT molecular complexity index is 1170. The maximum absolute atomic E-state index is 13.1. The quantitative estimate of drug-likeness (QED) is 0.653. The van der Waals surface area contributed by atoms with Crippen molar-refractivity contribution < 1.29 is 0 Å². The monoisotopic (exact) mass is 379 g/mol. The van der Waals surface area contributed by atoms with E-state index in [2.05, 4.69) is 49.6 Å². The summed E-state index contributed by atoms with van der Waals surface area (Å²) >= 11 is 0. The molecule has 1 aliphatic rings. The highest BCUT2D eigenvalue weighted by molar-refractivity contribution is 5.77. The molecule has 7 nitrogen and oxygen atoms in total. The Morgan fingerprint density at radius 2 is 1.93 bits per heavy atom. The number of rotatable bonds is 4.